The molecule has 2 aromatic carbocycles. The Bertz CT molecular complexity index is 845. The van der Waals surface area contributed by atoms with Crippen molar-refractivity contribution in [3.8, 4) is 11.5 Å². The minimum absolute atomic E-state index is 0.0452. The second-order valence-corrected chi connectivity index (χ2v) is 6.55. The zero-order valence-electron chi connectivity index (χ0n) is 17.1. The van der Waals surface area contributed by atoms with Crippen LogP contribution in [0.15, 0.2) is 48.5 Å². The summed E-state index contributed by atoms with van der Waals surface area (Å²) < 4.78 is 39.3. The van der Waals surface area contributed by atoms with E-state index in [-0.39, 0.29) is 23.0 Å². The highest BCUT2D eigenvalue weighted by Crippen LogP contribution is 2.29. The summed E-state index contributed by atoms with van der Waals surface area (Å²) in [7, 11) is 1.26. The predicted molar refractivity (Wildman–Crippen MR) is 107 cm³/mol. The van der Waals surface area contributed by atoms with Crippen LogP contribution in [0.25, 0.3) is 0 Å². The van der Waals surface area contributed by atoms with E-state index < -0.39 is 24.6 Å². The third kappa shape index (κ3) is 6.43. The quantitative estimate of drug-likeness (QED) is 0.584. The highest BCUT2D eigenvalue weighted by molar-refractivity contribution is 5.92. The number of ether oxygens (including phenoxy) is 3. The zero-order valence-corrected chi connectivity index (χ0v) is 17.1. The number of halogens is 2. The molecule has 0 aromatic heterocycles. The van der Waals surface area contributed by atoms with Gasteiger partial charge < -0.3 is 19.5 Å². The van der Waals surface area contributed by atoms with Crippen molar-refractivity contribution in [1.29, 1.82) is 0 Å². The lowest BCUT2D eigenvalue weighted by Crippen LogP contribution is -2.38. The van der Waals surface area contributed by atoms with Gasteiger partial charge in [0, 0.05) is 12.5 Å². The van der Waals surface area contributed by atoms with Crippen molar-refractivity contribution < 1.29 is 32.6 Å². The standard InChI is InChI=1S/C22H25F2NO5/c1-4-15(16-8-6-5-7-9-16)13-25-20(26)14(2)29-21(27)17-10-11-18(30-22(23)24)19(12-17)28-3/h5-12,14-15,22H,4,13H2,1-3H3,(H,25,26)/t14-,15+/m1/s1. The second kappa shape index (κ2) is 11.1. The molecule has 2 aromatic rings. The van der Waals surface area contributed by atoms with E-state index in [1.807, 2.05) is 37.3 Å². The molecule has 2 rings (SSSR count). The first-order valence-corrected chi connectivity index (χ1v) is 9.52. The molecular weight excluding hydrogens is 396 g/mol. The summed E-state index contributed by atoms with van der Waals surface area (Å²) >= 11 is 0. The first-order valence-electron chi connectivity index (χ1n) is 9.52. The van der Waals surface area contributed by atoms with Gasteiger partial charge in [0.25, 0.3) is 5.91 Å². The molecule has 0 radical (unpaired) electrons. The molecule has 0 heterocycles. The average Bonchev–Trinajstić information content (AvgIpc) is 2.74. The van der Waals surface area contributed by atoms with Crippen LogP contribution < -0.4 is 14.8 Å². The van der Waals surface area contributed by atoms with Crippen molar-refractivity contribution in [2.24, 2.45) is 0 Å². The van der Waals surface area contributed by atoms with Gasteiger partial charge in [-0.1, -0.05) is 37.3 Å². The summed E-state index contributed by atoms with van der Waals surface area (Å²) in [5.74, 6) is -1.32. The van der Waals surface area contributed by atoms with Crippen LogP contribution in [0.2, 0.25) is 0 Å². The van der Waals surface area contributed by atoms with Gasteiger partial charge in [-0.2, -0.15) is 8.78 Å². The van der Waals surface area contributed by atoms with Gasteiger partial charge in [0.1, 0.15) is 0 Å². The smallest absolute Gasteiger partial charge is 0.387 e. The van der Waals surface area contributed by atoms with E-state index in [9.17, 15) is 18.4 Å². The normalized spacial score (nSPS) is 12.7. The summed E-state index contributed by atoms with van der Waals surface area (Å²) in [6, 6.07) is 13.5. The summed E-state index contributed by atoms with van der Waals surface area (Å²) in [5.41, 5.74) is 1.16. The molecule has 1 amide bonds. The molecule has 162 valence electrons. The number of benzene rings is 2. The van der Waals surface area contributed by atoms with Crippen LogP contribution in [0, 0.1) is 0 Å². The van der Waals surface area contributed by atoms with Gasteiger partial charge >= 0.3 is 12.6 Å². The van der Waals surface area contributed by atoms with E-state index in [0.717, 1.165) is 12.0 Å². The third-order valence-electron chi connectivity index (χ3n) is 4.55. The Hall–Kier alpha value is -3.16. The van der Waals surface area contributed by atoms with Gasteiger partial charge in [-0.15, -0.1) is 0 Å². The molecule has 1 N–H and O–H groups in total. The van der Waals surface area contributed by atoms with Gasteiger partial charge in [-0.25, -0.2) is 4.79 Å². The van der Waals surface area contributed by atoms with Gasteiger partial charge in [0.2, 0.25) is 0 Å². The predicted octanol–water partition coefficient (Wildman–Crippen LogP) is 4.15. The van der Waals surface area contributed by atoms with Gasteiger partial charge in [0.05, 0.1) is 12.7 Å². The SMILES string of the molecule is CC[C@@H](CNC(=O)[C@@H](C)OC(=O)c1ccc(OC(F)F)c(OC)c1)c1ccccc1. The van der Waals surface area contributed by atoms with E-state index in [4.69, 9.17) is 9.47 Å². The van der Waals surface area contributed by atoms with E-state index in [1.165, 1.54) is 32.2 Å². The summed E-state index contributed by atoms with van der Waals surface area (Å²) in [5, 5.41) is 2.80. The number of hydrogen-bond acceptors (Lipinski definition) is 5. The second-order valence-electron chi connectivity index (χ2n) is 6.55. The number of hydrogen-bond donors (Lipinski definition) is 1. The number of methoxy groups -OCH3 is 1. The molecule has 0 spiro atoms. The maximum Gasteiger partial charge on any atom is 0.387 e. The largest absolute Gasteiger partial charge is 0.493 e. The number of carbonyl (C=O) groups excluding carboxylic acids is 2. The number of carbonyl (C=O) groups is 2. The molecule has 0 aliphatic rings. The fraction of sp³-hybridized carbons (Fsp3) is 0.364. The van der Waals surface area contributed by atoms with E-state index in [1.54, 1.807) is 0 Å². The van der Waals surface area contributed by atoms with E-state index in [2.05, 4.69) is 10.1 Å². The monoisotopic (exact) mass is 421 g/mol. The highest BCUT2D eigenvalue weighted by Gasteiger charge is 2.21. The van der Waals surface area contributed by atoms with E-state index >= 15 is 0 Å². The van der Waals surface area contributed by atoms with Crippen LogP contribution in [0.1, 0.15) is 42.1 Å². The number of alkyl halides is 2. The van der Waals surface area contributed by atoms with Gasteiger partial charge in [-0.3, -0.25) is 4.79 Å². The molecule has 0 fully saturated rings. The lowest BCUT2D eigenvalue weighted by molar-refractivity contribution is -0.129. The van der Waals surface area contributed by atoms with Crippen molar-refractivity contribution in [1.82, 2.24) is 5.32 Å². The Morgan fingerprint density at radius 2 is 1.77 bits per heavy atom. The number of esters is 1. The van der Waals surface area contributed by atoms with Crippen LogP contribution in [-0.4, -0.2) is 38.2 Å². The van der Waals surface area contributed by atoms with Gasteiger partial charge in [-0.05, 0) is 37.1 Å². The number of rotatable bonds is 10. The molecule has 2 atom stereocenters. The van der Waals surface area contributed by atoms with Crippen LogP contribution >= 0.6 is 0 Å². The lowest BCUT2D eigenvalue weighted by atomic mass is 9.96. The molecule has 0 aliphatic heterocycles. The minimum Gasteiger partial charge on any atom is -0.493 e. The highest BCUT2D eigenvalue weighted by atomic mass is 19.3. The van der Waals surface area contributed by atoms with Crippen molar-refractivity contribution in [3.05, 3.63) is 59.7 Å². The van der Waals surface area contributed by atoms with Crippen LogP contribution in [0.3, 0.4) is 0 Å². The lowest BCUT2D eigenvalue weighted by Gasteiger charge is -2.19. The van der Waals surface area contributed by atoms with E-state index in [0.29, 0.717) is 6.54 Å². The fourth-order valence-corrected chi connectivity index (χ4v) is 2.86. The van der Waals surface area contributed by atoms with Crippen molar-refractivity contribution >= 4 is 11.9 Å². The molecule has 0 bridgehead atoms. The van der Waals surface area contributed by atoms with Crippen molar-refractivity contribution in [2.75, 3.05) is 13.7 Å². The molecule has 0 saturated heterocycles. The summed E-state index contributed by atoms with van der Waals surface area (Å²) in [6.45, 7) is 0.877. The Morgan fingerprint density at radius 1 is 1.07 bits per heavy atom. The van der Waals surface area contributed by atoms with Crippen LogP contribution in [0.5, 0.6) is 11.5 Å². The Balaban J connectivity index is 1.95. The Labute approximate surface area is 174 Å². The molecule has 0 aliphatic carbocycles. The van der Waals surface area contributed by atoms with Crippen LogP contribution in [0.4, 0.5) is 8.78 Å². The first kappa shape index (κ1) is 23.1. The number of nitrogens with one attached hydrogen (secondary N) is 1. The fourth-order valence-electron chi connectivity index (χ4n) is 2.86. The Morgan fingerprint density at radius 3 is 2.37 bits per heavy atom. The number of amides is 1. The summed E-state index contributed by atoms with van der Waals surface area (Å²) in [6.07, 6.45) is -0.195. The summed E-state index contributed by atoms with van der Waals surface area (Å²) in [4.78, 5) is 24.7. The minimum atomic E-state index is -3.02. The topological polar surface area (TPSA) is 73.9 Å². The maximum absolute atomic E-state index is 12.4. The zero-order chi connectivity index (χ0) is 22.1. The van der Waals surface area contributed by atoms with Crippen molar-refractivity contribution in [3.63, 3.8) is 0 Å². The third-order valence-corrected chi connectivity index (χ3v) is 4.55. The molecule has 0 saturated carbocycles. The molecule has 8 heteroatoms. The molecule has 6 nitrogen and oxygen atoms in total. The molecule has 30 heavy (non-hydrogen) atoms. The Kier molecular flexibility index (Phi) is 8.58. The van der Waals surface area contributed by atoms with Gasteiger partial charge in [0.15, 0.2) is 17.6 Å². The first-order chi connectivity index (χ1) is 14.3. The maximum atomic E-state index is 12.4. The molecular formula is C22H25F2NO5. The van der Waals surface area contributed by atoms with Crippen molar-refractivity contribution in [2.45, 2.75) is 38.9 Å². The average molecular weight is 421 g/mol. The molecule has 0 unspecified atom stereocenters. The van der Waals surface area contributed by atoms with Crippen LogP contribution in [-0.2, 0) is 9.53 Å².